The molecular weight excluding hydrogens is 256 g/mol. The van der Waals surface area contributed by atoms with Crippen LogP contribution in [-0.4, -0.2) is 26.8 Å². The Balaban J connectivity index is 2.74. The molecule has 110 valence electrons. The van der Waals surface area contributed by atoms with Gasteiger partial charge in [-0.3, -0.25) is 0 Å². The lowest BCUT2D eigenvalue weighted by Gasteiger charge is -2.12. The first-order valence-electron chi connectivity index (χ1n) is 6.63. The van der Waals surface area contributed by atoms with E-state index in [1.54, 1.807) is 13.2 Å². The van der Waals surface area contributed by atoms with Gasteiger partial charge in [-0.2, -0.15) is 0 Å². The van der Waals surface area contributed by atoms with E-state index in [-0.39, 0.29) is 5.97 Å². The fourth-order valence-corrected chi connectivity index (χ4v) is 1.54. The predicted molar refractivity (Wildman–Crippen MR) is 79.0 cm³/mol. The van der Waals surface area contributed by atoms with Gasteiger partial charge in [0.1, 0.15) is 0 Å². The molecule has 0 aromatic heterocycles. The summed E-state index contributed by atoms with van der Waals surface area (Å²) in [7, 11) is 2.94. The van der Waals surface area contributed by atoms with Crippen LogP contribution in [0.15, 0.2) is 24.3 Å². The Kier molecular flexibility index (Phi) is 6.64. The Labute approximate surface area is 120 Å². The molecule has 0 aliphatic heterocycles. The Morgan fingerprint density at radius 1 is 1.25 bits per heavy atom. The summed E-state index contributed by atoms with van der Waals surface area (Å²) in [4.78, 5) is 11.0. The van der Waals surface area contributed by atoms with Gasteiger partial charge in [0.15, 0.2) is 11.5 Å². The molecule has 0 N–H and O–H groups in total. The summed E-state index contributed by atoms with van der Waals surface area (Å²) in [6, 6.07) is 5.53. The van der Waals surface area contributed by atoms with Crippen LogP contribution in [0.1, 0.15) is 25.8 Å². The van der Waals surface area contributed by atoms with Gasteiger partial charge < -0.3 is 14.2 Å². The Bertz CT molecular complexity index is 464. The van der Waals surface area contributed by atoms with Gasteiger partial charge in [0, 0.05) is 6.08 Å². The van der Waals surface area contributed by atoms with Crippen LogP contribution in [-0.2, 0) is 9.53 Å². The number of hydrogen-bond acceptors (Lipinski definition) is 4. The number of carbonyl (C=O) groups is 1. The molecule has 0 bridgehead atoms. The molecule has 0 unspecified atom stereocenters. The number of rotatable bonds is 7. The van der Waals surface area contributed by atoms with Gasteiger partial charge in [0.2, 0.25) is 0 Å². The number of esters is 1. The normalized spacial score (nSPS) is 10.8. The summed E-state index contributed by atoms with van der Waals surface area (Å²) in [5.41, 5.74) is 0.850. The van der Waals surface area contributed by atoms with Gasteiger partial charge in [-0.25, -0.2) is 4.79 Å². The van der Waals surface area contributed by atoms with E-state index in [1.165, 1.54) is 13.2 Å². The highest BCUT2D eigenvalue weighted by atomic mass is 16.5. The molecular formula is C16H22O4. The fraction of sp³-hybridized carbons (Fsp3) is 0.438. The highest BCUT2D eigenvalue weighted by Crippen LogP contribution is 2.28. The second kappa shape index (κ2) is 8.25. The van der Waals surface area contributed by atoms with E-state index in [4.69, 9.17) is 9.47 Å². The summed E-state index contributed by atoms with van der Waals surface area (Å²) in [5, 5.41) is 0. The van der Waals surface area contributed by atoms with Crippen molar-refractivity contribution in [3.8, 4) is 11.5 Å². The van der Waals surface area contributed by atoms with Crippen molar-refractivity contribution in [2.75, 3.05) is 20.8 Å². The molecule has 1 aromatic carbocycles. The standard InChI is InChI=1S/C16H22O4/c1-12(2)9-10-20-14-7-5-13(11-15(14)18-3)6-8-16(17)19-4/h5-8,11-12H,9-10H2,1-4H3/b8-6+. The van der Waals surface area contributed by atoms with Gasteiger partial charge in [0.25, 0.3) is 0 Å². The molecule has 1 rings (SSSR count). The summed E-state index contributed by atoms with van der Waals surface area (Å²) in [6.45, 7) is 4.97. The molecule has 0 aliphatic rings. The molecule has 0 atom stereocenters. The van der Waals surface area contributed by atoms with Gasteiger partial charge in [-0.15, -0.1) is 0 Å². The van der Waals surface area contributed by atoms with Gasteiger partial charge >= 0.3 is 5.97 Å². The van der Waals surface area contributed by atoms with Crippen LogP contribution in [0.4, 0.5) is 0 Å². The molecule has 4 nitrogen and oxygen atoms in total. The molecule has 0 spiro atoms. The van der Waals surface area contributed by atoms with Gasteiger partial charge in [-0.05, 0) is 36.1 Å². The van der Waals surface area contributed by atoms with Gasteiger partial charge in [-0.1, -0.05) is 19.9 Å². The first kappa shape index (κ1) is 16.1. The lowest BCUT2D eigenvalue weighted by molar-refractivity contribution is -0.134. The van der Waals surface area contributed by atoms with Crippen LogP contribution < -0.4 is 9.47 Å². The molecule has 0 amide bonds. The summed E-state index contributed by atoms with van der Waals surface area (Å²) in [6.07, 6.45) is 4.04. The smallest absolute Gasteiger partial charge is 0.330 e. The van der Waals surface area contributed by atoms with E-state index in [0.717, 1.165) is 12.0 Å². The molecule has 0 saturated heterocycles. The minimum Gasteiger partial charge on any atom is -0.493 e. The lowest BCUT2D eigenvalue weighted by atomic mass is 10.1. The third-order valence-corrected chi connectivity index (χ3v) is 2.75. The third-order valence-electron chi connectivity index (χ3n) is 2.75. The third kappa shape index (κ3) is 5.34. The zero-order chi connectivity index (χ0) is 15.0. The monoisotopic (exact) mass is 278 g/mol. The van der Waals surface area contributed by atoms with Crippen molar-refractivity contribution in [1.29, 1.82) is 0 Å². The predicted octanol–water partition coefficient (Wildman–Crippen LogP) is 3.31. The summed E-state index contributed by atoms with van der Waals surface area (Å²) < 4.78 is 15.5. The number of methoxy groups -OCH3 is 2. The van der Waals surface area contributed by atoms with Crippen molar-refractivity contribution < 1.29 is 19.0 Å². The zero-order valence-electron chi connectivity index (χ0n) is 12.5. The summed E-state index contributed by atoms with van der Waals surface area (Å²) >= 11 is 0. The number of hydrogen-bond donors (Lipinski definition) is 0. The van der Waals surface area contributed by atoms with Crippen molar-refractivity contribution in [3.63, 3.8) is 0 Å². The lowest BCUT2D eigenvalue weighted by Crippen LogP contribution is -2.02. The van der Waals surface area contributed by atoms with Crippen molar-refractivity contribution >= 4 is 12.0 Å². The first-order chi connectivity index (χ1) is 9.56. The van der Waals surface area contributed by atoms with Crippen LogP contribution >= 0.6 is 0 Å². The van der Waals surface area contributed by atoms with E-state index >= 15 is 0 Å². The quantitative estimate of drug-likeness (QED) is 0.567. The molecule has 4 heteroatoms. The molecule has 1 aromatic rings. The Hall–Kier alpha value is -1.97. The van der Waals surface area contributed by atoms with E-state index in [9.17, 15) is 4.79 Å². The highest BCUT2D eigenvalue weighted by molar-refractivity contribution is 5.87. The molecule has 20 heavy (non-hydrogen) atoms. The first-order valence-corrected chi connectivity index (χ1v) is 6.63. The van der Waals surface area contributed by atoms with E-state index < -0.39 is 0 Å². The summed E-state index contributed by atoms with van der Waals surface area (Å²) in [5.74, 6) is 1.58. The maximum atomic E-state index is 11.0. The van der Waals surface area contributed by atoms with Crippen LogP contribution in [0, 0.1) is 5.92 Å². The Morgan fingerprint density at radius 3 is 2.60 bits per heavy atom. The molecule has 0 fully saturated rings. The van der Waals surface area contributed by atoms with Gasteiger partial charge in [0.05, 0.1) is 20.8 Å². The van der Waals surface area contributed by atoms with E-state index in [2.05, 4.69) is 18.6 Å². The van der Waals surface area contributed by atoms with E-state index in [1.807, 2.05) is 18.2 Å². The minimum atomic E-state index is -0.388. The second-order valence-electron chi connectivity index (χ2n) is 4.80. The average molecular weight is 278 g/mol. The van der Waals surface area contributed by atoms with Crippen LogP contribution in [0.25, 0.3) is 6.08 Å². The van der Waals surface area contributed by atoms with Crippen molar-refractivity contribution in [2.45, 2.75) is 20.3 Å². The van der Waals surface area contributed by atoms with Crippen molar-refractivity contribution in [2.24, 2.45) is 5.92 Å². The van der Waals surface area contributed by atoms with Crippen LogP contribution in [0.3, 0.4) is 0 Å². The van der Waals surface area contributed by atoms with Crippen molar-refractivity contribution in [1.82, 2.24) is 0 Å². The van der Waals surface area contributed by atoms with Crippen LogP contribution in [0.2, 0.25) is 0 Å². The fourth-order valence-electron chi connectivity index (χ4n) is 1.54. The zero-order valence-corrected chi connectivity index (χ0v) is 12.5. The highest BCUT2D eigenvalue weighted by Gasteiger charge is 2.05. The number of benzene rings is 1. The maximum absolute atomic E-state index is 11.0. The topological polar surface area (TPSA) is 44.8 Å². The Morgan fingerprint density at radius 2 is 2.00 bits per heavy atom. The number of ether oxygens (including phenoxy) is 3. The number of carbonyl (C=O) groups excluding carboxylic acids is 1. The van der Waals surface area contributed by atoms with Crippen molar-refractivity contribution in [3.05, 3.63) is 29.8 Å². The molecule has 0 heterocycles. The molecule has 0 saturated carbocycles. The maximum Gasteiger partial charge on any atom is 0.330 e. The SMILES string of the molecule is COC(=O)/C=C/c1ccc(OCCC(C)C)c(OC)c1. The molecule has 0 radical (unpaired) electrons. The average Bonchev–Trinajstić information content (AvgIpc) is 2.45. The molecule has 0 aliphatic carbocycles. The minimum absolute atomic E-state index is 0.388. The van der Waals surface area contributed by atoms with E-state index in [0.29, 0.717) is 24.0 Å². The largest absolute Gasteiger partial charge is 0.493 e. The second-order valence-corrected chi connectivity index (χ2v) is 4.80. The van der Waals surface area contributed by atoms with Crippen LogP contribution in [0.5, 0.6) is 11.5 Å².